The van der Waals surface area contributed by atoms with Crippen molar-refractivity contribution in [1.29, 1.82) is 5.26 Å². The van der Waals surface area contributed by atoms with Gasteiger partial charge in [-0.1, -0.05) is 68.3 Å². The van der Waals surface area contributed by atoms with Gasteiger partial charge in [-0.3, -0.25) is 14.4 Å². The Kier molecular flexibility index (Phi) is 11.8. The minimum absolute atomic E-state index is 0.131. The molecule has 6 rings (SSSR count). The molecule has 2 atom stereocenters. The first-order valence-electron chi connectivity index (χ1n) is 14.2. The van der Waals surface area contributed by atoms with Crippen molar-refractivity contribution >= 4 is 57.5 Å². The zero-order chi connectivity index (χ0) is 32.4. The van der Waals surface area contributed by atoms with Crippen LogP contribution in [0, 0.1) is 11.5 Å². The topological polar surface area (TPSA) is 96.9 Å². The van der Waals surface area contributed by atoms with E-state index in [1.54, 1.807) is 12.4 Å². The summed E-state index contributed by atoms with van der Waals surface area (Å²) in [5, 5.41) is 8.87. The van der Waals surface area contributed by atoms with Crippen molar-refractivity contribution in [3.05, 3.63) is 129 Å². The van der Waals surface area contributed by atoms with Gasteiger partial charge >= 0.3 is 0 Å². The molecule has 0 N–H and O–H groups in total. The van der Waals surface area contributed by atoms with Gasteiger partial charge < -0.3 is 9.47 Å². The quantitative estimate of drug-likeness (QED) is 0.118. The van der Waals surface area contributed by atoms with Crippen LogP contribution in [0.5, 0.6) is 11.5 Å². The number of rotatable bonds is 3. The molecule has 4 aromatic rings. The third-order valence-corrected chi connectivity index (χ3v) is 8.42. The molecule has 1 aromatic heterocycles. The average molecular weight is 745 g/mol. The average Bonchev–Trinajstić information content (AvgIpc) is 3.02. The lowest BCUT2D eigenvalue weighted by molar-refractivity contribution is 0.0850. The third-order valence-electron chi connectivity index (χ3n) is 6.61. The fraction of sp³-hybridized carbons (Fsp3) is 0.200. The zero-order valence-corrected chi connectivity index (χ0v) is 29.4. The van der Waals surface area contributed by atoms with Gasteiger partial charge in [0, 0.05) is 38.9 Å². The molecule has 0 amide bonds. The molecule has 0 fully saturated rings. The van der Waals surface area contributed by atoms with Gasteiger partial charge in [0.2, 0.25) is 6.19 Å². The van der Waals surface area contributed by atoms with Crippen LogP contribution in [-0.4, -0.2) is 30.6 Å². The Morgan fingerprint density at radius 1 is 0.867 bits per heavy atom. The molecule has 3 aromatic carbocycles. The number of hydrogen-bond acceptors (Lipinski definition) is 7. The summed E-state index contributed by atoms with van der Waals surface area (Å²) < 4.78 is 17.8. The molecule has 2 aliphatic rings. The van der Waals surface area contributed by atoms with Crippen LogP contribution in [0.3, 0.4) is 0 Å². The number of ether oxygens (including phenoxy) is 2. The standard InChI is InChI=1S/C15H10BrN3O.C15H11BrO2.C5H11NSi/c16-11-3-4-14-12(6-11)13(19-9-17)7-15(20-14)10-2-1-5-18-8-10;16-11-6-7-14-12(8-11)13(17)9-15(18-14)10-4-2-1-3-5-10;1-5-6-7(2,3)4/h1-6,8,15H,7H2;1-8,15H,9H2;1H2,2-4H3. The first-order chi connectivity index (χ1) is 21.6. The number of halogens is 2. The van der Waals surface area contributed by atoms with Crippen molar-refractivity contribution in [2.24, 2.45) is 9.65 Å². The minimum atomic E-state index is -1.21. The largest absolute Gasteiger partial charge is 0.485 e. The van der Waals surface area contributed by atoms with Crippen molar-refractivity contribution in [1.82, 2.24) is 4.98 Å². The summed E-state index contributed by atoms with van der Waals surface area (Å²) in [7, 11) is -1.21. The first kappa shape index (κ1) is 33.8. The third kappa shape index (κ3) is 9.68. The number of carbonyl (C=O) groups is 1. The van der Waals surface area contributed by atoms with E-state index in [1.807, 2.05) is 85.1 Å². The molecule has 0 spiro atoms. The van der Waals surface area contributed by atoms with Crippen LogP contribution >= 0.6 is 31.9 Å². The van der Waals surface area contributed by atoms with E-state index in [4.69, 9.17) is 14.7 Å². The minimum Gasteiger partial charge on any atom is -0.485 e. The molecule has 0 saturated carbocycles. The maximum Gasteiger partial charge on any atom is 0.205 e. The molecule has 10 heteroatoms. The fourth-order valence-corrected chi connectivity index (χ4v) is 5.81. The monoisotopic (exact) mass is 742 g/mol. The Hall–Kier alpha value is -4.13. The highest BCUT2D eigenvalue weighted by atomic mass is 79.9. The van der Waals surface area contributed by atoms with Gasteiger partial charge in [0.25, 0.3) is 0 Å². The Morgan fingerprint density at radius 3 is 2.02 bits per heavy atom. The van der Waals surface area contributed by atoms with Crippen molar-refractivity contribution in [2.75, 3.05) is 0 Å². The van der Waals surface area contributed by atoms with Gasteiger partial charge in [-0.05, 0) is 80.1 Å². The second-order valence-corrected chi connectivity index (χ2v) is 17.5. The highest BCUT2D eigenvalue weighted by Crippen LogP contribution is 2.37. The van der Waals surface area contributed by atoms with Gasteiger partial charge in [-0.2, -0.15) is 10.3 Å². The van der Waals surface area contributed by atoms with Gasteiger partial charge in [0.05, 0.1) is 17.7 Å². The predicted molar refractivity (Wildman–Crippen MR) is 188 cm³/mol. The van der Waals surface area contributed by atoms with E-state index in [-0.39, 0.29) is 18.0 Å². The van der Waals surface area contributed by atoms with Crippen molar-refractivity contribution in [2.45, 2.75) is 44.7 Å². The van der Waals surface area contributed by atoms with E-state index in [1.165, 1.54) is 0 Å². The summed E-state index contributed by atoms with van der Waals surface area (Å²) in [4.78, 5) is 20.2. The molecule has 0 radical (unpaired) electrons. The number of nitrogens with zero attached hydrogens (tertiary/aromatic N) is 4. The molecule has 0 aliphatic carbocycles. The molecular weight excluding hydrogens is 712 g/mol. The summed E-state index contributed by atoms with van der Waals surface area (Å²) in [6, 6.07) is 24.9. The molecule has 228 valence electrons. The number of benzene rings is 3. The highest BCUT2D eigenvalue weighted by Gasteiger charge is 2.28. The summed E-state index contributed by atoms with van der Waals surface area (Å²) in [5.74, 6) is 4.08. The van der Waals surface area contributed by atoms with E-state index in [2.05, 4.69) is 78.6 Å². The van der Waals surface area contributed by atoms with Crippen LogP contribution in [0.15, 0.2) is 116 Å². The highest BCUT2D eigenvalue weighted by molar-refractivity contribution is 9.10. The maximum absolute atomic E-state index is 12.1. The smallest absolute Gasteiger partial charge is 0.205 e. The second-order valence-electron chi connectivity index (χ2n) is 11.1. The van der Waals surface area contributed by atoms with Crippen LogP contribution in [0.4, 0.5) is 0 Å². The number of aliphatic imine (C=N–C) groups is 1. The van der Waals surface area contributed by atoms with Crippen molar-refractivity contribution in [3.63, 3.8) is 0 Å². The Balaban J connectivity index is 0.000000171. The number of nitriles is 1. The molecule has 0 bridgehead atoms. The number of hydrogen-bond donors (Lipinski definition) is 0. The van der Waals surface area contributed by atoms with Gasteiger partial charge in [-0.15, -0.1) is 0 Å². The lowest BCUT2D eigenvalue weighted by Gasteiger charge is -2.27. The van der Waals surface area contributed by atoms with E-state index in [0.717, 1.165) is 37.1 Å². The molecule has 0 saturated heterocycles. The van der Waals surface area contributed by atoms with E-state index in [9.17, 15) is 4.79 Å². The lowest BCUT2D eigenvalue weighted by Crippen LogP contribution is -2.21. The molecule has 7 nitrogen and oxygen atoms in total. The molecular formula is C35H32Br2N4O3Si. The Labute approximate surface area is 281 Å². The summed E-state index contributed by atoms with van der Waals surface area (Å²) >= 11 is 6.80. The van der Waals surface area contributed by atoms with Crippen LogP contribution < -0.4 is 9.47 Å². The molecule has 45 heavy (non-hydrogen) atoms. The maximum atomic E-state index is 12.1. The van der Waals surface area contributed by atoms with Crippen molar-refractivity contribution < 1.29 is 14.3 Å². The summed E-state index contributed by atoms with van der Waals surface area (Å²) in [6.07, 6.45) is 5.99. The normalized spacial score (nSPS) is 17.2. The van der Waals surface area contributed by atoms with Crippen LogP contribution in [-0.2, 0) is 0 Å². The number of carbonyl (C=O) groups excluding carboxylic acids is 1. The summed E-state index contributed by atoms with van der Waals surface area (Å²) in [5.41, 5.74) is 4.28. The molecule has 2 aliphatic heterocycles. The number of aromatic nitrogens is 1. The van der Waals surface area contributed by atoms with Gasteiger partial charge in [-0.25, -0.2) is 0 Å². The Bertz CT molecular complexity index is 1760. The van der Waals surface area contributed by atoms with Gasteiger partial charge in [0.1, 0.15) is 23.7 Å². The number of pyridine rings is 1. The fourth-order valence-electron chi connectivity index (χ4n) is 4.62. The number of fused-ring (bicyclic) bond motifs is 2. The van der Waals surface area contributed by atoms with E-state index < -0.39 is 8.24 Å². The van der Waals surface area contributed by atoms with Crippen LogP contribution in [0.1, 0.15) is 52.1 Å². The van der Waals surface area contributed by atoms with Gasteiger partial charge in [0.15, 0.2) is 14.0 Å². The van der Waals surface area contributed by atoms with Crippen LogP contribution in [0.25, 0.3) is 0 Å². The summed E-state index contributed by atoms with van der Waals surface area (Å²) in [6.45, 7) is 9.82. The van der Waals surface area contributed by atoms with E-state index >= 15 is 0 Å². The molecule has 3 heterocycles. The molecule has 2 unspecified atom stereocenters. The first-order valence-corrected chi connectivity index (χ1v) is 19.2. The lowest BCUT2D eigenvalue weighted by atomic mass is 9.96. The van der Waals surface area contributed by atoms with E-state index in [0.29, 0.717) is 24.2 Å². The second kappa shape index (κ2) is 15.7. The zero-order valence-electron chi connectivity index (χ0n) is 25.2. The van der Waals surface area contributed by atoms with Crippen molar-refractivity contribution in [3.8, 4) is 17.7 Å². The number of ketones is 1. The van der Waals surface area contributed by atoms with Crippen LogP contribution in [0.2, 0.25) is 19.6 Å². The predicted octanol–water partition coefficient (Wildman–Crippen LogP) is 9.47. The Morgan fingerprint density at radius 2 is 1.47 bits per heavy atom. The SMILES string of the molecule is C=C=N[Si](C)(C)C.N#CN=C1CC(c2cccnc2)Oc2ccc(Br)cc21.O=C1CC(c2ccccc2)Oc2ccc(Br)cc21. The number of Topliss-reactive ketones (excluding diaryl/α,β-unsaturated/α-hetero) is 1.